The Balaban J connectivity index is 2.00. The number of hydrogen-bond acceptors (Lipinski definition) is 7. The Morgan fingerprint density at radius 1 is 0.939 bits per heavy atom. The van der Waals surface area contributed by atoms with E-state index in [9.17, 15) is 9.59 Å². The van der Waals surface area contributed by atoms with Crippen LogP contribution in [-0.2, 0) is 25.6 Å². The highest BCUT2D eigenvalue weighted by Gasteiger charge is 2.41. The minimum absolute atomic E-state index is 0.151. The van der Waals surface area contributed by atoms with Crippen molar-refractivity contribution in [1.82, 2.24) is 14.8 Å². The molecule has 0 N–H and O–H groups in total. The molecule has 0 unspecified atom stereocenters. The molecule has 2 amide bonds. The molecule has 1 aromatic carbocycles. The van der Waals surface area contributed by atoms with E-state index in [1.165, 1.54) is 4.90 Å². The third kappa shape index (κ3) is 5.97. The number of pyridine rings is 1. The van der Waals surface area contributed by atoms with Crippen molar-refractivity contribution in [3.05, 3.63) is 65.6 Å². The highest BCUT2D eigenvalue weighted by atomic mass is 16.5. The summed E-state index contributed by atoms with van der Waals surface area (Å²) < 4.78 is 16.2. The second kappa shape index (κ2) is 12.1. The first kappa shape index (κ1) is 24.4. The third-order valence-electron chi connectivity index (χ3n) is 5.27. The number of benzene rings is 1. The lowest BCUT2D eigenvalue weighted by atomic mass is 10.0. The highest BCUT2D eigenvalue weighted by Crippen LogP contribution is 2.33. The zero-order chi connectivity index (χ0) is 23.6. The molecule has 0 saturated heterocycles. The Hall–Kier alpha value is -3.23. The minimum Gasteiger partial charge on any atom is -0.494 e. The first-order valence-corrected chi connectivity index (χ1v) is 11.1. The van der Waals surface area contributed by atoms with Crippen LogP contribution in [0.25, 0.3) is 5.57 Å². The molecule has 2 aromatic rings. The number of nitrogens with zero attached hydrogens (tertiary/aromatic N) is 3. The Kier molecular flexibility index (Phi) is 8.97. The van der Waals surface area contributed by atoms with Crippen molar-refractivity contribution in [3.8, 4) is 5.75 Å². The summed E-state index contributed by atoms with van der Waals surface area (Å²) in [6, 6.07) is 10.9. The topological polar surface area (TPSA) is 81.2 Å². The first-order chi connectivity index (χ1) is 16.1. The van der Waals surface area contributed by atoms with Gasteiger partial charge in [0.25, 0.3) is 11.8 Å². The zero-order valence-electron chi connectivity index (χ0n) is 19.5. The maximum Gasteiger partial charge on any atom is 0.278 e. The summed E-state index contributed by atoms with van der Waals surface area (Å²) in [6.45, 7) is 4.54. The average molecular weight is 454 g/mol. The molecule has 0 fully saturated rings. The number of ether oxygens (including phenoxy) is 3. The quantitative estimate of drug-likeness (QED) is 0.432. The van der Waals surface area contributed by atoms with Crippen molar-refractivity contribution in [2.24, 2.45) is 0 Å². The van der Waals surface area contributed by atoms with Crippen LogP contribution in [0.1, 0.15) is 24.5 Å². The van der Waals surface area contributed by atoms with Crippen LogP contribution in [0.3, 0.4) is 0 Å². The van der Waals surface area contributed by atoms with Crippen LogP contribution in [0.2, 0.25) is 0 Å². The molecule has 1 aliphatic rings. The number of aromatic nitrogens is 1. The Bertz CT molecular complexity index is 952. The molecule has 0 atom stereocenters. The fourth-order valence-corrected chi connectivity index (χ4v) is 3.61. The normalized spacial score (nSPS) is 13.7. The van der Waals surface area contributed by atoms with Crippen LogP contribution in [0.15, 0.2) is 54.5 Å². The molecule has 0 saturated carbocycles. The third-order valence-corrected chi connectivity index (χ3v) is 5.27. The van der Waals surface area contributed by atoms with Gasteiger partial charge in [0.05, 0.1) is 31.9 Å². The summed E-state index contributed by atoms with van der Waals surface area (Å²) in [5.74, 6) is 0.0562. The lowest BCUT2D eigenvalue weighted by molar-refractivity contribution is -0.138. The van der Waals surface area contributed by atoms with Crippen molar-refractivity contribution >= 4 is 17.4 Å². The van der Waals surface area contributed by atoms with Gasteiger partial charge in [-0.15, -0.1) is 0 Å². The molecule has 0 aliphatic carbocycles. The van der Waals surface area contributed by atoms with Gasteiger partial charge >= 0.3 is 0 Å². The maximum absolute atomic E-state index is 13.6. The van der Waals surface area contributed by atoms with Gasteiger partial charge in [0.1, 0.15) is 11.4 Å². The van der Waals surface area contributed by atoms with E-state index in [1.54, 1.807) is 32.7 Å². The molecule has 8 heteroatoms. The molecule has 2 heterocycles. The minimum atomic E-state index is -0.336. The number of imide groups is 1. The van der Waals surface area contributed by atoms with E-state index in [-0.39, 0.29) is 18.4 Å². The lowest BCUT2D eigenvalue weighted by Gasteiger charge is -2.25. The van der Waals surface area contributed by atoms with E-state index < -0.39 is 0 Å². The van der Waals surface area contributed by atoms with Crippen LogP contribution in [0, 0.1) is 0 Å². The van der Waals surface area contributed by atoms with Crippen LogP contribution < -0.4 is 4.74 Å². The standard InChI is InChI=1S/C25H31N3O5/c1-4-14-33-21-9-7-20(8-10-21)22-23(27(12-15-31-2)13-16-32-3)25(30)28(24(22)29)18-19-6-5-11-26-17-19/h5-11,17H,4,12-16,18H2,1-3H3. The number of amides is 2. The summed E-state index contributed by atoms with van der Waals surface area (Å²) in [4.78, 5) is 34.4. The Morgan fingerprint density at radius 3 is 2.21 bits per heavy atom. The molecule has 0 bridgehead atoms. The van der Waals surface area contributed by atoms with Crippen LogP contribution >= 0.6 is 0 Å². The van der Waals surface area contributed by atoms with Gasteiger partial charge in [-0.1, -0.05) is 25.1 Å². The van der Waals surface area contributed by atoms with Gasteiger partial charge in [-0.25, -0.2) is 0 Å². The Labute approximate surface area is 194 Å². The summed E-state index contributed by atoms with van der Waals surface area (Å²) in [5, 5.41) is 0. The number of rotatable bonds is 13. The smallest absolute Gasteiger partial charge is 0.278 e. The maximum atomic E-state index is 13.6. The predicted octanol–water partition coefficient (Wildman–Crippen LogP) is 2.75. The van der Waals surface area contributed by atoms with E-state index in [0.29, 0.717) is 49.7 Å². The molecule has 1 aliphatic heterocycles. The first-order valence-electron chi connectivity index (χ1n) is 11.1. The predicted molar refractivity (Wildman–Crippen MR) is 124 cm³/mol. The van der Waals surface area contributed by atoms with Gasteiger partial charge in [-0.2, -0.15) is 0 Å². The lowest BCUT2D eigenvalue weighted by Crippen LogP contribution is -2.37. The summed E-state index contributed by atoms with van der Waals surface area (Å²) >= 11 is 0. The van der Waals surface area contributed by atoms with E-state index >= 15 is 0 Å². The fraction of sp³-hybridized carbons (Fsp3) is 0.400. The monoisotopic (exact) mass is 453 g/mol. The molecule has 33 heavy (non-hydrogen) atoms. The van der Waals surface area contributed by atoms with Crippen molar-refractivity contribution in [3.63, 3.8) is 0 Å². The van der Waals surface area contributed by atoms with Gasteiger partial charge in [-0.3, -0.25) is 19.5 Å². The largest absolute Gasteiger partial charge is 0.494 e. The van der Waals surface area contributed by atoms with Crippen LogP contribution in [-0.4, -0.2) is 73.7 Å². The van der Waals surface area contributed by atoms with Gasteiger partial charge in [0.15, 0.2) is 0 Å². The van der Waals surface area contributed by atoms with Crippen molar-refractivity contribution in [1.29, 1.82) is 0 Å². The molecule has 1 aromatic heterocycles. The Morgan fingerprint density at radius 2 is 1.64 bits per heavy atom. The van der Waals surface area contributed by atoms with Crippen molar-refractivity contribution in [2.45, 2.75) is 19.9 Å². The van der Waals surface area contributed by atoms with Crippen molar-refractivity contribution < 1.29 is 23.8 Å². The van der Waals surface area contributed by atoms with Gasteiger partial charge in [0.2, 0.25) is 0 Å². The van der Waals surface area contributed by atoms with E-state index in [1.807, 2.05) is 42.2 Å². The second-order valence-corrected chi connectivity index (χ2v) is 7.63. The SMILES string of the molecule is CCCOc1ccc(C2=C(N(CCOC)CCOC)C(=O)N(Cc3cccnc3)C2=O)cc1. The summed E-state index contributed by atoms with van der Waals surface area (Å²) in [7, 11) is 3.21. The average Bonchev–Trinajstić information content (AvgIpc) is 3.08. The summed E-state index contributed by atoms with van der Waals surface area (Å²) in [5.41, 5.74) is 2.18. The van der Waals surface area contributed by atoms with Gasteiger partial charge < -0.3 is 19.1 Å². The second-order valence-electron chi connectivity index (χ2n) is 7.63. The van der Waals surface area contributed by atoms with Crippen molar-refractivity contribution in [2.75, 3.05) is 47.1 Å². The van der Waals surface area contributed by atoms with Gasteiger partial charge in [-0.05, 0) is 35.7 Å². The fourth-order valence-electron chi connectivity index (χ4n) is 3.61. The molecule has 3 rings (SSSR count). The molecule has 176 valence electrons. The number of hydrogen-bond donors (Lipinski definition) is 0. The van der Waals surface area contributed by atoms with Crippen LogP contribution in [0.5, 0.6) is 5.75 Å². The molecular formula is C25H31N3O5. The van der Waals surface area contributed by atoms with Crippen LogP contribution in [0.4, 0.5) is 0 Å². The number of carbonyl (C=O) groups excluding carboxylic acids is 2. The molecular weight excluding hydrogens is 422 g/mol. The molecule has 8 nitrogen and oxygen atoms in total. The number of methoxy groups -OCH3 is 2. The number of carbonyl (C=O) groups is 2. The van der Waals surface area contributed by atoms with Gasteiger partial charge in [0, 0.05) is 39.7 Å². The van der Waals surface area contributed by atoms with E-state index in [4.69, 9.17) is 14.2 Å². The molecule has 0 spiro atoms. The highest BCUT2D eigenvalue weighted by molar-refractivity contribution is 6.35. The molecule has 0 radical (unpaired) electrons. The van der Waals surface area contributed by atoms with E-state index in [0.717, 1.165) is 17.7 Å². The van der Waals surface area contributed by atoms with E-state index in [2.05, 4.69) is 4.98 Å². The zero-order valence-corrected chi connectivity index (χ0v) is 19.5. The summed E-state index contributed by atoms with van der Waals surface area (Å²) in [6.07, 6.45) is 4.22.